The predicted octanol–water partition coefficient (Wildman–Crippen LogP) is 3.58. The van der Waals surface area contributed by atoms with Gasteiger partial charge in [0.25, 0.3) is 0 Å². The number of aliphatic hydroxyl groups excluding tert-OH is 1. The number of alkyl halides is 3. The van der Waals surface area contributed by atoms with Crippen LogP contribution in [-0.2, 0) is 0 Å². The van der Waals surface area contributed by atoms with Crippen molar-refractivity contribution in [2.75, 3.05) is 18.5 Å². The van der Waals surface area contributed by atoms with Gasteiger partial charge in [-0.1, -0.05) is 0 Å². The molecule has 0 aromatic heterocycles. The summed E-state index contributed by atoms with van der Waals surface area (Å²) in [5, 5.41) is 9.58. The number of benzene rings is 1. The van der Waals surface area contributed by atoms with Crippen molar-refractivity contribution in [3.05, 3.63) is 29.1 Å². The van der Waals surface area contributed by atoms with Gasteiger partial charge < -0.3 is 10.0 Å². The first-order valence-corrected chi connectivity index (χ1v) is 5.88. The second kappa shape index (κ2) is 5.77. The molecule has 1 N–H and O–H groups in total. The van der Waals surface area contributed by atoms with Crippen LogP contribution in [0.2, 0.25) is 0 Å². The molecule has 0 saturated heterocycles. The van der Waals surface area contributed by atoms with Crippen LogP contribution in [-0.4, -0.2) is 24.9 Å². The highest BCUT2D eigenvalue weighted by molar-refractivity contribution is 5.56. The molecule has 1 atom stereocenters. The minimum atomic E-state index is -4.24. The van der Waals surface area contributed by atoms with Crippen molar-refractivity contribution in [3.8, 4) is 0 Å². The van der Waals surface area contributed by atoms with E-state index in [-0.39, 0.29) is 12.1 Å². The molecule has 2 nitrogen and oxygen atoms in total. The lowest BCUT2D eigenvalue weighted by Gasteiger charge is -2.25. The van der Waals surface area contributed by atoms with Crippen LogP contribution in [0.4, 0.5) is 23.2 Å². The molecule has 0 saturated carbocycles. The molecule has 0 spiro atoms. The van der Waals surface area contributed by atoms with Crippen molar-refractivity contribution < 1.29 is 22.7 Å². The molecular formula is C13H17F4NO. The number of rotatable bonds is 4. The van der Waals surface area contributed by atoms with Gasteiger partial charge in [0.1, 0.15) is 5.82 Å². The highest BCUT2D eigenvalue weighted by atomic mass is 19.4. The highest BCUT2D eigenvalue weighted by Crippen LogP contribution is 2.30. The predicted molar refractivity (Wildman–Crippen MR) is 65.7 cm³/mol. The second-order valence-corrected chi connectivity index (χ2v) is 4.62. The van der Waals surface area contributed by atoms with E-state index in [1.807, 2.05) is 0 Å². The summed E-state index contributed by atoms with van der Waals surface area (Å²) >= 11 is 0. The second-order valence-electron chi connectivity index (χ2n) is 4.62. The number of nitrogens with zero attached hydrogens (tertiary/aromatic N) is 1. The molecular weight excluding hydrogens is 262 g/mol. The minimum absolute atomic E-state index is 0.242. The van der Waals surface area contributed by atoms with Crippen LogP contribution < -0.4 is 4.90 Å². The average molecular weight is 279 g/mol. The van der Waals surface area contributed by atoms with Gasteiger partial charge in [0.05, 0.1) is 12.5 Å². The molecule has 0 fully saturated rings. The summed E-state index contributed by atoms with van der Waals surface area (Å²) in [6.07, 6.45) is -6.15. The number of aliphatic hydroxyl groups is 1. The molecule has 1 aromatic rings. The van der Waals surface area contributed by atoms with Crippen LogP contribution in [0.15, 0.2) is 12.1 Å². The fraction of sp³-hybridized carbons (Fsp3) is 0.538. The molecule has 108 valence electrons. The van der Waals surface area contributed by atoms with Gasteiger partial charge in [-0.05, 0) is 31.5 Å². The number of halogens is 4. The molecule has 0 aliphatic heterocycles. The van der Waals surface area contributed by atoms with Crippen LogP contribution in [0.25, 0.3) is 0 Å². The van der Waals surface area contributed by atoms with E-state index < -0.39 is 24.5 Å². The zero-order valence-electron chi connectivity index (χ0n) is 11.1. The fourth-order valence-electron chi connectivity index (χ4n) is 1.76. The molecule has 0 aliphatic carbocycles. The standard InChI is InChI=1S/C13H17F4NO/c1-8-6-12(10(9(2)19)7-11(8)14)18(3)5-4-13(15,16)17/h6-7,9,19H,4-5H2,1-3H3. The first kappa shape index (κ1) is 15.8. The normalized spacial score (nSPS) is 13.5. The number of aryl methyl sites for hydroxylation is 1. The zero-order chi connectivity index (χ0) is 14.8. The van der Waals surface area contributed by atoms with Crippen LogP contribution in [0.1, 0.15) is 30.6 Å². The smallest absolute Gasteiger partial charge is 0.389 e. The largest absolute Gasteiger partial charge is 0.390 e. The summed E-state index contributed by atoms with van der Waals surface area (Å²) < 4.78 is 50.0. The fourth-order valence-corrected chi connectivity index (χ4v) is 1.76. The van der Waals surface area contributed by atoms with Crippen molar-refractivity contribution in [1.82, 2.24) is 0 Å². The summed E-state index contributed by atoms with van der Waals surface area (Å²) in [5.41, 5.74) is 1.03. The van der Waals surface area contributed by atoms with Crippen LogP contribution >= 0.6 is 0 Å². The van der Waals surface area contributed by atoms with Gasteiger partial charge in [-0.25, -0.2) is 4.39 Å². The summed E-state index contributed by atoms with van der Waals surface area (Å²) in [6.45, 7) is 2.74. The summed E-state index contributed by atoms with van der Waals surface area (Å²) in [5.74, 6) is -0.483. The van der Waals surface area contributed by atoms with Gasteiger partial charge in [0.15, 0.2) is 0 Å². The van der Waals surface area contributed by atoms with Crippen LogP contribution in [0, 0.1) is 12.7 Å². The summed E-state index contributed by atoms with van der Waals surface area (Å²) in [7, 11) is 1.49. The Hall–Kier alpha value is -1.30. The Balaban J connectivity index is 3.01. The first-order valence-electron chi connectivity index (χ1n) is 5.88. The van der Waals surface area contributed by atoms with E-state index in [9.17, 15) is 22.7 Å². The molecule has 1 rings (SSSR count). The maximum atomic E-state index is 13.4. The Bertz CT molecular complexity index is 443. The molecule has 6 heteroatoms. The van der Waals surface area contributed by atoms with E-state index in [0.29, 0.717) is 11.3 Å². The Morgan fingerprint density at radius 1 is 1.32 bits per heavy atom. The van der Waals surface area contributed by atoms with Gasteiger partial charge in [0, 0.05) is 24.8 Å². The molecule has 0 radical (unpaired) electrons. The van der Waals surface area contributed by atoms with Crippen molar-refractivity contribution in [2.24, 2.45) is 0 Å². The lowest BCUT2D eigenvalue weighted by Crippen LogP contribution is -2.25. The maximum Gasteiger partial charge on any atom is 0.390 e. The number of anilines is 1. The maximum absolute atomic E-state index is 13.4. The molecule has 1 unspecified atom stereocenters. The summed E-state index contributed by atoms with van der Waals surface area (Å²) in [6, 6.07) is 2.62. The first-order chi connectivity index (χ1) is 8.61. The molecule has 0 aliphatic rings. The average Bonchev–Trinajstić information content (AvgIpc) is 2.27. The quantitative estimate of drug-likeness (QED) is 0.852. The van der Waals surface area contributed by atoms with Crippen molar-refractivity contribution in [2.45, 2.75) is 32.5 Å². The SMILES string of the molecule is Cc1cc(N(C)CCC(F)(F)F)c(C(C)O)cc1F. The third kappa shape index (κ3) is 4.38. The third-order valence-corrected chi connectivity index (χ3v) is 2.90. The van der Waals surface area contributed by atoms with Crippen molar-refractivity contribution in [1.29, 1.82) is 0 Å². The van der Waals surface area contributed by atoms with Crippen LogP contribution in [0.3, 0.4) is 0 Å². The monoisotopic (exact) mass is 279 g/mol. The molecule has 0 heterocycles. The zero-order valence-corrected chi connectivity index (χ0v) is 11.1. The van der Waals surface area contributed by atoms with E-state index in [1.165, 1.54) is 37.9 Å². The van der Waals surface area contributed by atoms with E-state index >= 15 is 0 Å². The van der Waals surface area contributed by atoms with E-state index in [2.05, 4.69) is 0 Å². The van der Waals surface area contributed by atoms with Gasteiger partial charge in [-0.15, -0.1) is 0 Å². The van der Waals surface area contributed by atoms with Gasteiger partial charge in [-0.3, -0.25) is 0 Å². The number of hydrogen-bond acceptors (Lipinski definition) is 2. The highest BCUT2D eigenvalue weighted by Gasteiger charge is 2.27. The Morgan fingerprint density at radius 3 is 2.37 bits per heavy atom. The van der Waals surface area contributed by atoms with Crippen molar-refractivity contribution in [3.63, 3.8) is 0 Å². The van der Waals surface area contributed by atoms with E-state index in [4.69, 9.17) is 0 Å². The Morgan fingerprint density at radius 2 is 1.89 bits per heavy atom. The van der Waals surface area contributed by atoms with Crippen LogP contribution in [0.5, 0.6) is 0 Å². The molecule has 1 aromatic carbocycles. The van der Waals surface area contributed by atoms with E-state index in [0.717, 1.165) is 0 Å². The lowest BCUT2D eigenvalue weighted by atomic mass is 10.0. The van der Waals surface area contributed by atoms with E-state index in [1.54, 1.807) is 0 Å². The summed E-state index contributed by atoms with van der Waals surface area (Å²) in [4.78, 5) is 1.38. The Kier molecular flexibility index (Phi) is 4.79. The molecule has 19 heavy (non-hydrogen) atoms. The van der Waals surface area contributed by atoms with Gasteiger partial charge in [-0.2, -0.15) is 13.2 Å². The molecule has 0 amide bonds. The van der Waals surface area contributed by atoms with Gasteiger partial charge >= 0.3 is 6.18 Å². The molecule has 0 bridgehead atoms. The Labute approximate surface area is 109 Å². The number of hydrogen-bond donors (Lipinski definition) is 1. The minimum Gasteiger partial charge on any atom is -0.389 e. The lowest BCUT2D eigenvalue weighted by molar-refractivity contribution is -0.132. The van der Waals surface area contributed by atoms with Crippen molar-refractivity contribution >= 4 is 5.69 Å². The third-order valence-electron chi connectivity index (χ3n) is 2.90. The topological polar surface area (TPSA) is 23.5 Å². The van der Waals surface area contributed by atoms with Gasteiger partial charge in [0.2, 0.25) is 0 Å².